The first-order valence-electron chi connectivity index (χ1n) is 5.24. The van der Waals surface area contributed by atoms with Gasteiger partial charge in [0, 0.05) is 12.7 Å². The molecule has 0 bridgehead atoms. The number of halogens is 1. The zero-order chi connectivity index (χ0) is 12.4. The summed E-state index contributed by atoms with van der Waals surface area (Å²) in [4.78, 5) is 28.5. The second kappa shape index (κ2) is 4.81. The first-order chi connectivity index (χ1) is 8.06. The van der Waals surface area contributed by atoms with Crippen LogP contribution in [-0.2, 0) is 16.1 Å². The van der Waals surface area contributed by atoms with Crippen LogP contribution in [0.4, 0.5) is 0 Å². The Kier molecular flexibility index (Phi) is 3.40. The lowest BCUT2D eigenvalue weighted by molar-refractivity contribution is -0.139. The molecule has 1 unspecified atom stereocenters. The minimum Gasteiger partial charge on any atom is -0.294 e. The molecule has 6 heteroatoms. The molecular weight excluding hydrogens is 242 g/mol. The van der Waals surface area contributed by atoms with Gasteiger partial charge >= 0.3 is 0 Å². The third kappa shape index (κ3) is 2.81. The van der Waals surface area contributed by atoms with Crippen molar-refractivity contribution in [2.24, 2.45) is 0 Å². The van der Waals surface area contributed by atoms with Crippen LogP contribution in [0, 0.1) is 0 Å². The van der Waals surface area contributed by atoms with Crippen LogP contribution in [0.1, 0.15) is 12.5 Å². The maximum atomic E-state index is 11.4. The molecule has 1 aromatic heterocycles. The second-order valence-corrected chi connectivity index (χ2v) is 4.37. The van der Waals surface area contributed by atoms with Gasteiger partial charge < -0.3 is 0 Å². The molecule has 1 N–H and O–H groups in total. The van der Waals surface area contributed by atoms with Gasteiger partial charge in [-0.2, -0.15) is 0 Å². The highest BCUT2D eigenvalue weighted by molar-refractivity contribution is 6.29. The molecule has 2 heterocycles. The van der Waals surface area contributed by atoms with Gasteiger partial charge in [0.15, 0.2) is 0 Å². The van der Waals surface area contributed by atoms with Gasteiger partial charge in [-0.15, -0.1) is 0 Å². The fourth-order valence-corrected chi connectivity index (χ4v) is 1.81. The number of pyridine rings is 1. The Labute approximate surface area is 104 Å². The molecule has 17 heavy (non-hydrogen) atoms. The number of piperazine rings is 1. The monoisotopic (exact) mass is 253 g/mol. The van der Waals surface area contributed by atoms with E-state index >= 15 is 0 Å². The molecule has 0 saturated carbocycles. The fraction of sp³-hybridized carbons (Fsp3) is 0.364. The van der Waals surface area contributed by atoms with E-state index in [2.05, 4.69) is 10.3 Å². The molecule has 90 valence electrons. The summed E-state index contributed by atoms with van der Waals surface area (Å²) in [7, 11) is 0. The van der Waals surface area contributed by atoms with E-state index < -0.39 is 0 Å². The molecule has 1 aromatic rings. The summed E-state index contributed by atoms with van der Waals surface area (Å²) in [5.74, 6) is -0.529. The van der Waals surface area contributed by atoms with E-state index in [9.17, 15) is 9.59 Å². The van der Waals surface area contributed by atoms with Crippen LogP contribution in [0.15, 0.2) is 18.3 Å². The fourth-order valence-electron chi connectivity index (χ4n) is 1.70. The predicted molar refractivity (Wildman–Crippen MR) is 62.3 cm³/mol. The highest BCUT2D eigenvalue weighted by Crippen LogP contribution is 2.12. The third-order valence-electron chi connectivity index (χ3n) is 2.71. The molecule has 1 fully saturated rings. The van der Waals surface area contributed by atoms with E-state index in [4.69, 9.17) is 11.6 Å². The summed E-state index contributed by atoms with van der Waals surface area (Å²) in [5, 5.41) is 2.72. The smallest absolute Gasteiger partial charge is 0.243 e. The third-order valence-corrected chi connectivity index (χ3v) is 2.93. The Bertz CT molecular complexity index is 447. The van der Waals surface area contributed by atoms with Gasteiger partial charge in [-0.25, -0.2) is 4.98 Å². The molecule has 0 radical (unpaired) electrons. The topological polar surface area (TPSA) is 62.3 Å². The summed E-state index contributed by atoms with van der Waals surface area (Å²) < 4.78 is 0. The molecule has 0 spiro atoms. The van der Waals surface area contributed by atoms with Gasteiger partial charge in [-0.3, -0.25) is 19.8 Å². The summed E-state index contributed by atoms with van der Waals surface area (Å²) in [6, 6.07) is 3.20. The SMILES string of the molecule is CC1C(=O)NC(=O)CN1Cc1ccc(Cl)nc1. The largest absolute Gasteiger partial charge is 0.294 e. The van der Waals surface area contributed by atoms with Crippen molar-refractivity contribution < 1.29 is 9.59 Å². The van der Waals surface area contributed by atoms with Crippen molar-refractivity contribution in [3.63, 3.8) is 0 Å². The zero-order valence-electron chi connectivity index (χ0n) is 9.31. The standard InChI is InChI=1S/C11H12ClN3O2/c1-7-11(17)14-10(16)6-15(7)5-8-2-3-9(12)13-4-8/h2-4,7H,5-6H2,1H3,(H,14,16,17). The van der Waals surface area contributed by atoms with Crippen molar-refractivity contribution in [1.82, 2.24) is 15.2 Å². The molecule has 5 nitrogen and oxygen atoms in total. The van der Waals surface area contributed by atoms with E-state index in [-0.39, 0.29) is 24.4 Å². The maximum absolute atomic E-state index is 11.4. The summed E-state index contributed by atoms with van der Waals surface area (Å²) >= 11 is 5.69. The Hall–Kier alpha value is -1.46. The minimum atomic E-state index is -0.316. The molecule has 2 rings (SSSR count). The average Bonchev–Trinajstić information content (AvgIpc) is 2.28. The van der Waals surface area contributed by atoms with Crippen LogP contribution < -0.4 is 5.32 Å². The first-order valence-corrected chi connectivity index (χ1v) is 5.62. The molecular formula is C11H12ClN3O2. The number of nitrogens with one attached hydrogen (secondary N) is 1. The number of carbonyl (C=O) groups is 2. The van der Waals surface area contributed by atoms with Gasteiger partial charge in [-0.05, 0) is 18.6 Å². The van der Waals surface area contributed by atoms with Gasteiger partial charge in [0.25, 0.3) is 0 Å². The van der Waals surface area contributed by atoms with E-state index in [1.54, 1.807) is 24.1 Å². The van der Waals surface area contributed by atoms with Crippen molar-refractivity contribution in [2.75, 3.05) is 6.54 Å². The minimum absolute atomic E-state index is 0.218. The van der Waals surface area contributed by atoms with Crippen molar-refractivity contribution in [3.8, 4) is 0 Å². The van der Waals surface area contributed by atoms with Crippen molar-refractivity contribution in [2.45, 2.75) is 19.5 Å². The number of hydrogen-bond acceptors (Lipinski definition) is 4. The number of hydrogen-bond donors (Lipinski definition) is 1. The Morgan fingerprint density at radius 2 is 2.29 bits per heavy atom. The molecule has 1 saturated heterocycles. The number of rotatable bonds is 2. The number of amides is 2. The predicted octanol–water partition coefficient (Wildman–Crippen LogP) is 0.582. The van der Waals surface area contributed by atoms with Crippen LogP contribution in [0.3, 0.4) is 0 Å². The molecule has 1 atom stereocenters. The number of aromatic nitrogens is 1. The molecule has 1 aliphatic heterocycles. The van der Waals surface area contributed by atoms with Gasteiger partial charge in [0.1, 0.15) is 5.15 Å². The van der Waals surface area contributed by atoms with E-state index in [1.165, 1.54) is 0 Å². The summed E-state index contributed by atoms with van der Waals surface area (Å²) in [5.41, 5.74) is 0.920. The quantitative estimate of drug-likeness (QED) is 0.619. The summed E-state index contributed by atoms with van der Waals surface area (Å²) in [6.45, 7) is 2.49. The summed E-state index contributed by atoms with van der Waals surface area (Å²) in [6.07, 6.45) is 1.64. The van der Waals surface area contributed by atoms with Crippen LogP contribution >= 0.6 is 11.6 Å². The maximum Gasteiger partial charge on any atom is 0.243 e. The number of carbonyl (C=O) groups excluding carboxylic acids is 2. The van der Waals surface area contributed by atoms with Gasteiger partial charge in [0.2, 0.25) is 11.8 Å². The lowest BCUT2D eigenvalue weighted by Gasteiger charge is -2.31. The Balaban J connectivity index is 2.09. The van der Waals surface area contributed by atoms with Crippen molar-refractivity contribution in [1.29, 1.82) is 0 Å². The average molecular weight is 254 g/mol. The number of nitrogens with zero attached hydrogens (tertiary/aromatic N) is 2. The van der Waals surface area contributed by atoms with Crippen molar-refractivity contribution in [3.05, 3.63) is 29.0 Å². The molecule has 2 amide bonds. The zero-order valence-corrected chi connectivity index (χ0v) is 10.1. The first kappa shape index (κ1) is 12.0. The Morgan fingerprint density at radius 3 is 2.94 bits per heavy atom. The Morgan fingerprint density at radius 1 is 1.53 bits per heavy atom. The highest BCUT2D eigenvalue weighted by atomic mass is 35.5. The van der Waals surface area contributed by atoms with Crippen LogP contribution in [0.25, 0.3) is 0 Å². The normalized spacial score (nSPS) is 21.4. The molecule has 0 aliphatic carbocycles. The van der Waals surface area contributed by atoms with Crippen molar-refractivity contribution >= 4 is 23.4 Å². The lowest BCUT2D eigenvalue weighted by atomic mass is 10.1. The van der Waals surface area contributed by atoms with Crippen LogP contribution in [0.2, 0.25) is 5.15 Å². The number of imide groups is 1. The highest BCUT2D eigenvalue weighted by Gasteiger charge is 2.29. The lowest BCUT2D eigenvalue weighted by Crippen LogP contribution is -2.56. The molecule has 0 aromatic carbocycles. The van der Waals surface area contributed by atoms with Gasteiger partial charge in [0.05, 0.1) is 12.6 Å². The molecule has 1 aliphatic rings. The second-order valence-electron chi connectivity index (χ2n) is 3.98. The van der Waals surface area contributed by atoms with Crippen LogP contribution in [-0.4, -0.2) is 34.3 Å². The van der Waals surface area contributed by atoms with E-state index in [0.717, 1.165) is 5.56 Å². The van der Waals surface area contributed by atoms with Gasteiger partial charge in [-0.1, -0.05) is 17.7 Å². The van der Waals surface area contributed by atoms with Crippen LogP contribution in [0.5, 0.6) is 0 Å². The van der Waals surface area contributed by atoms with E-state index in [1.807, 2.05) is 6.07 Å². The van der Waals surface area contributed by atoms with E-state index in [0.29, 0.717) is 11.7 Å².